The standard InChI is InChI=1S/C23H28N4O2S2/c1-2-27-21(11-8-16-6-4-3-5-7-16)25-26-23(27)31-14-18-13-30-22(24-18)17-9-10-19-20(12-17)29-15-28-19/h9-10,12-13,16H,2-8,11,14-15H2,1H3. The van der Waals surface area contributed by atoms with Gasteiger partial charge in [-0.15, -0.1) is 21.5 Å². The summed E-state index contributed by atoms with van der Waals surface area (Å²) in [7, 11) is 0. The molecule has 1 fully saturated rings. The van der Waals surface area contributed by atoms with Gasteiger partial charge in [0, 0.05) is 29.7 Å². The number of thioether (sulfide) groups is 1. The third kappa shape index (κ3) is 4.75. The second-order valence-corrected chi connectivity index (χ2v) is 9.99. The Morgan fingerprint density at radius 1 is 1.13 bits per heavy atom. The lowest BCUT2D eigenvalue weighted by Gasteiger charge is -2.21. The van der Waals surface area contributed by atoms with Crippen LogP contribution in [0.3, 0.4) is 0 Å². The van der Waals surface area contributed by atoms with Crippen LogP contribution in [0.1, 0.15) is 57.0 Å². The van der Waals surface area contributed by atoms with Crippen LogP contribution < -0.4 is 9.47 Å². The summed E-state index contributed by atoms with van der Waals surface area (Å²) in [6.45, 7) is 3.38. The Morgan fingerprint density at radius 3 is 2.87 bits per heavy atom. The minimum absolute atomic E-state index is 0.291. The third-order valence-corrected chi connectivity index (χ3v) is 8.07. The number of thiazole rings is 1. The van der Waals surface area contributed by atoms with E-state index < -0.39 is 0 Å². The number of hydrogen-bond donors (Lipinski definition) is 0. The normalized spacial score (nSPS) is 16.2. The van der Waals surface area contributed by atoms with Crippen LogP contribution in [0.25, 0.3) is 10.6 Å². The molecule has 0 spiro atoms. The van der Waals surface area contributed by atoms with Gasteiger partial charge >= 0.3 is 0 Å². The highest BCUT2D eigenvalue weighted by molar-refractivity contribution is 7.98. The molecule has 0 bridgehead atoms. The van der Waals surface area contributed by atoms with Crippen LogP contribution in [-0.2, 0) is 18.7 Å². The highest BCUT2D eigenvalue weighted by atomic mass is 32.2. The summed E-state index contributed by atoms with van der Waals surface area (Å²) in [6.07, 6.45) is 9.26. The largest absolute Gasteiger partial charge is 0.454 e. The Hall–Kier alpha value is -2.06. The second kappa shape index (κ2) is 9.61. The van der Waals surface area contributed by atoms with E-state index in [9.17, 15) is 0 Å². The summed E-state index contributed by atoms with van der Waals surface area (Å²) < 4.78 is 13.2. The average Bonchev–Trinajstić information content (AvgIpc) is 3.55. The molecule has 2 aliphatic rings. The third-order valence-electron chi connectivity index (χ3n) is 6.13. The molecule has 3 heterocycles. The van der Waals surface area contributed by atoms with E-state index in [0.717, 1.165) is 63.4 Å². The maximum Gasteiger partial charge on any atom is 0.231 e. The van der Waals surface area contributed by atoms with Gasteiger partial charge in [-0.2, -0.15) is 0 Å². The molecule has 5 rings (SSSR count). The van der Waals surface area contributed by atoms with E-state index in [1.165, 1.54) is 38.5 Å². The second-order valence-electron chi connectivity index (χ2n) is 8.19. The Balaban J connectivity index is 1.21. The SMILES string of the molecule is CCn1c(CCC2CCCCC2)nnc1SCc1csc(-c2ccc3c(c2)OCO3)n1. The first-order valence-electron chi connectivity index (χ1n) is 11.2. The zero-order valence-electron chi connectivity index (χ0n) is 17.9. The first-order chi connectivity index (χ1) is 15.3. The molecule has 0 unspecified atom stereocenters. The number of aromatic nitrogens is 4. The highest BCUT2D eigenvalue weighted by Crippen LogP contribution is 2.37. The smallest absolute Gasteiger partial charge is 0.231 e. The molecule has 0 N–H and O–H groups in total. The molecular formula is C23H28N4O2S2. The maximum absolute atomic E-state index is 5.49. The quantitative estimate of drug-likeness (QED) is 0.390. The minimum Gasteiger partial charge on any atom is -0.454 e. The van der Waals surface area contributed by atoms with Crippen molar-refractivity contribution in [2.24, 2.45) is 5.92 Å². The zero-order valence-corrected chi connectivity index (χ0v) is 19.5. The predicted octanol–water partition coefficient (Wildman–Crippen LogP) is 5.96. The topological polar surface area (TPSA) is 62.1 Å². The van der Waals surface area contributed by atoms with Crippen molar-refractivity contribution in [2.45, 2.75) is 69.3 Å². The first kappa shape index (κ1) is 20.8. The lowest BCUT2D eigenvalue weighted by Crippen LogP contribution is -2.10. The maximum atomic E-state index is 5.49. The number of hydrogen-bond acceptors (Lipinski definition) is 7. The number of fused-ring (bicyclic) bond motifs is 1. The van der Waals surface area contributed by atoms with E-state index in [-0.39, 0.29) is 0 Å². The summed E-state index contributed by atoms with van der Waals surface area (Å²) in [5.74, 6) is 4.39. The molecule has 8 heteroatoms. The highest BCUT2D eigenvalue weighted by Gasteiger charge is 2.18. The minimum atomic E-state index is 0.291. The fraction of sp³-hybridized carbons (Fsp3) is 0.522. The fourth-order valence-electron chi connectivity index (χ4n) is 4.41. The summed E-state index contributed by atoms with van der Waals surface area (Å²) in [6, 6.07) is 5.99. The fourth-order valence-corrected chi connectivity index (χ4v) is 6.25. The van der Waals surface area contributed by atoms with Gasteiger partial charge < -0.3 is 14.0 Å². The monoisotopic (exact) mass is 456 g/mol. The van der Waals surface area contributed by atoms with E-state index in [4.69, 9.17) is 14.5 Å². The molecule has 0 radical (unpaired) electrons. The van der Waals surface area contributed by atoms with E-state index in [1.54, 1.807) is 23.1 Å². The van der Waals surface area contributed by atoms with Crippen LogP contribution >= 0.6 is 23.1 Å². The summed E-state index contributed by atoms with van der Waals surface area (Å²) >= 11 is 3.38. The van der Waals surface area contributed by atoms with Gasteiger partial charge in [0.15, 0.2) is 16.7 Å². The molecule has 3 aromatic rings. The summed E-state index contributed by atoms with van der Waals surface area (Å²) in [5, 5.41) is 13.1. The van der Waals surface area contributed by atoms with Crippen LogP contribution in [0, 0.1) is 5.92 Å². The van der Waals surface area contributed by atoms with Gasteiger partial charge in [0.2, 0.25) is 6.79 Å². The Kier molecular flexibility index (Phi) is 6.45. The van der Waals surface area contributed by atoms with Crippen LogP contribution in [0.5, 0.6) is 11.5 Å². The molecule has 0 atom stereocenters. The van der Waals surface area contributed by atoms with Gasteiger partial charge in [-0.05, 0) is 37.5 Å². The molecule has 0 amide bonds. The molecule has 2 aromatic heterocycles. The summed E-state index contributed by atoms with van der Waals surface area (Å²) in [4.78, 5) is 4.82. The van der Waals surface area contributed by atoms with E-state index >= 15 is 0 Å². The van der Waals surface area contributed by atoms with Crippen molar-refractivity contribution >= 4 is 23.1 Å². The molecule has 6 nitrogen and oxygen atoms in total. The van der Waals surface area contributed by atoms with E-state index in [1.807, 2.05) is 18.2 Å². The lowest BCUT2D eigenvalue weighted by molar-refractivity contribution is 0.174. The molecule has 164 valence electrons. The van der Waals surface area contributed by atoms with Gasteiger partial charge in [0.25, 0.3) is 0 Å². The van der Waals surface area contributed by atoms with Crippen molar-refractivity contribution < 1.29 is 9.47 Å². The van der Waals surface area contributed by atoms with E-state index in [0.29, 0.717) is 6.79 Å². The van der Waals surface area contributed by atoms with Crippen molar-refractivity contribution in [2.75, 3.05) is 6.79 Å². The molecule has 0 saturated heterocycles. The number of ether oxygens (including phenoxy) is 2. The van der Waals surface area contributed by atoms with E-state index in [2.05, 4.69) is 27.1 Å². The Labute approximate surface area is 191 Å². The van der Waals surface area contributed by atoms with Gasteiger partial charge in [0.1, 0.15) is 10.8 Å². The van der Waals surface area contributed by atoms with Crippen molar-refractivity contribution in [3.05, 3.63) is 35.1 Å². The Morgan fingerprint density at radius 2 is 2.00 bits per heavy atom. The molecule has 1 saturated carbocycles. The number of rotatable bonds is 8. The average molecular weight is 457 g/mol. The van der Waals surface area contributed by atoms with Crippen molar-refractivity contribution in [1.82, 2.24) is 19.7 Å². The molecule has 1 aromatic carbocycles. The van der Waals surface area contributed by atoms with Crippen molar-refractivity contribution in [3.63, 3.8) is 0 Å². The molecular weight excluding hydrogens is 428 g/mol. The van der Waals surface area contributed by atoms with Crippen LogP contribution in [-0.4, -0.2) is 26.5 Å². The lowest BCUT2D eigenvalue weighted by atomic mass is 9.86. The summed E-state index contributed by atoms with van der Waals surface area (Å²) in [5.41, 5.74) is 2.13. The van der Waals surface area contributed by atoms with Gasteiger partial charge in [0.05, 0.1) is 5.69 Å². The first-order valence-corrected chi connectivity index (χ1v) is 13.1. The molecule has 1 aliphatic carbocycles. The van der Waals surface area contributed by atoms with Crippen molar-refractivity contribution in [3.8, 4) is 22.1 Å². The Bertz CT molecular complexity index is 1030. The van der Waals surface area contributed by atoms with Crippen LogP contribution in [0.15, 0.2) is 28.7 Å². The van der Waals surface area contributed by atoms with Gasteiger partial charge in [-0.1, -0.05) is 43.9 Å². The van der Waals surface area contributed by atoms with Crippen LogP contribution in [0.4, 0.5) is 0 Å². The van der Waals surface area contributed by atoms with Crippen molar-refractivity contribution in [1.29, 1.82) is 0 Å². The molecule has 31 heavy (non-hydrogen) atoms. The zero-order chi connectivity index (χ0) is 21.0. The number of nitrogens with zero attached hydrogens (tertiary/aromatic N) is 4. The number of benzene rings is 1. The predicted molar refractivity (Wildman–Crippen MR) is 124 cm³/mol. The molecule has 1 aliphatic heterocycles. The van der Waals surface area contributed by atoms with Crippen LogP contribution in [0.2, 0.25) is 0 Å². The van der Waals surface area contributed by atoms with Gasteiger partial charge in [-0.3, -0.25) is 0 Å². The number of aryl methyl sites for hydroxylation is 1. The van der Waals surface area contributed by atoms with Gasteiger partial charge in [-0.25, -0.2) is 4.98 Å².